The minimum absolute atomic E-state index is 0.00164. The average molecular weight is 324 g/mol. The molecule has 1 aliphatic heterocycles. The molecule has 0 aliphatic carbocycles. The number of carbonyl (C=O) groups excluding carboxylic acids is 1. The molecule has 1 aromatic carbocycles. The summed E-state index contributed by atoms with van der Waals surface area (Å²) in [5.41, 5.74) is 6.48. The zero-order valence-corrected chi connectivity index (χ0v) is 10.0. The van der Waals surface area contributed by atoms with E-state index in [1.54, 1.807) is 6.07 Å². The summed E-state index contributed by atoms with van der Waals surface area (Å²) in [6.45, 7) is 0. The fourth-order valence-corrected chi connectivity index (χ4v) is 2.26. The van der Waals surface area contributed by atoms with E-state index in [1.807, 2.05) is 12.1 Å². The second kappa shape index (κ2) is 3.36. The molecule has 1 atom stereocenters. The minimum atomic E-state index is -1.13. The van der Waals surface area contributed by atoms with E-state index in [1.165, 1.54) is 0 Å². The van der Waals surface area contributed by atoms with Gasteiger partial charge in [-0.05, 0) is 28.7 Å². The zero-order valence-electron chi connectivity index (χ0n) is 7.09. The first-order valence-corrected chi connectivity index (χ1v) is 5.44. The van der Waals surface area contributed by atoms with E-state index in [9.17, 15) is 4.79 Å². The molecule has 0 bridgehead atoms. The summed E-state index contributed by atoms with van der Waals surface area (Å²) >= 11 is 8.12. The van der Waals surface area contributed by atoms with Crippen LogP contribution in [0, 0.1) is 3.57 Å². The number of esters is 1. The smallest absolute Gasteiger partial charge is 0.314 e. The zero-order chi connectivity index (χ0) is 10.3. The molecule has 0 radical (unpaired) electrons. The van der Waals surface area contributed by atoms with Gasteiger partial charge < -0.3 is 10.5 Å². The maximum atomic E-state index is 11.2. The second-order valence-electron chi connectivity index (χ2n) is 3.13. The number of nitrogens with two attached hydrogens (primary N) is 1. The number of para-hydroxylation sites is 1. The lowest BCUT2D eigenvalue weighted by Gasteiger charge is -2.28. The molecule has 0 saturated carbocycles. The molecule has 1 aromatic rings. The molecule has 2 rings (SSSR count). The van der Waals surface area contributed by atoms with E-state index < -0.39 is 5.00 Å². The minimum Gasteiger partial charge on any atom is -0.425 e. The van der Waals surface area contributed by atoms with Crippen molar-refractivity contribution < 1.29 is 9.53 Å². The highest BCUT2D eigenvalue weighted by Gasteiger charge is 2.37. The molecule has 2 N–H and O–H groups in total. The molecule has 3 nitrogen and oxygen atoms in total. The van der Waals surface area contributed by atoms with Gasteiger partial charge in [0.2, 0.25) is 0 Å². The second-order valence-corrected chi connectivity index (χ2v) is 4.97. The Morgan fingerprint density at radius 3 is 3.00 bits per heavy atom. The van der Waals surface area contributed by atoms with Gasteiger partial charge in [0.15, 0.2) is 0 Å². The van der Waals surface area contributed by atoms with Crippen LogP contribution >= 0.6 is 34.2 Å². The summed E-state index contributed by atoms with van der Waals surface area (Å²) in [5.74, 6) is 0.0981. The normalized spacial score (nSPS) is 25.5. The molecule has 0 fully saturated rings. The maximum absolute atomic E-state index is 11.2. The summed E-state index contributed by atoms with van der Waals surface area (Å²) in [6, 6.07) is 5.45. The van der Waals surface area contributed by atoms with Gasteiger partial charge >= 0.3 is 5.97 Å². The van der Waals surface area contributed by atoms with Crippen molar-refractivity contribution in [1.29, 1.82) is 0 Å². The van der Waals surface area contributed by atoms with E-state index in [0.29, 0.717) is 11.3 Å². The topological polar surface area (TPSA) is 52.3 Å². The molecular weight excluding hydrogens is 316 g/mol. The molecule has 1 aliphatic rings. The van der Waals surface area contributed by atoms with E-state index in [4.69, 9.17) is 22.1 Å². The van der Waals surface area contributed by atoms with Crippen LogP contribution in [0.15, 0.2) is 18.2 Å². The van der Waals surface area contributed by atoms with Gasteiger partial charge in [0.25, 0.3) is 0 Å². The molecule has 0 aromatic heterocycles. The molecule has 14 heavy (non-hydrogen) atoms. The van der Waals surface area contributed by atoms with Crippen LogP contribution < -0.4 is 10.5 Å². The van der Waals surface area contributed by atoms with Crippen LogP contribution in [-0.4, -0.2) is 5.97 Å². The van der Waals surface area contributed by atoms with Crippen molar-refractivity contribution in [3.63, 3.8) is 0 Å². The van der Waals surface area contributed by atoms with Gasteiger partial charge in [-0.15, -0.1) is 0 Å². The van der Waals surface area contributed by atoms with Gasteiger partial charge in [0, 0.05) is 5.56 Å². The first kappa shape index (κ1) is 10.2. The van der Waals surface area contributed by atoms with Crippen LogP contribution in [0.5, 0.6) is 5.75 Å². The Morgan fingerprint density at radius 1 is 1.57 bits per heavy atom. The average Bonchev–Trinajstić information content (AvgIpc) is 2.05. The van der Waals surface area contributed by atoms with Crippen LogP contribution in [0.2, 0.25) is 0 Å². The number of fused-ring (bicyclic) bond motifs is 1. The summed E-state index contributed by atoms with van der Waals surface area (Å²) in [5, 5.41) is 0. The van der Waals surface area contributed by atoms with Gasteiger partial charge in [0.05, 0.1) is 9.99 Å². The van der Waals surface area contributed by atoms with Crippen molar-refractivity contribution in [2.45, 2.75) is 11.4 Å². The first-order valence-electron chi connectivity index (χ1n) is 3.98. The summed E-state index contributed by atoms with van der Waals surface area (Å²) < 4.78 is 5.92. The molecule has 0 spiro atoms. The van der Waals surface area contributed by atoms with Crippen molar-refractivity contribution in [3.8, 4) is 5.75 Å². The third-order valence-corrected chi connectivity index (χ3v) is 3.22. The Labute approximate surface area is 99.7 Å². The Morgan fingerprint density at radius 2 is 2.29 bits per heavy atom. The lowest BCUT2D eigenvalue weighted by atomic mass is 10.0. The number of hydrogen-bond acceptors (Lipinski definition) is 3. The first-order chi connectivity index (χ1) is 6.50. The highest BCUT2D eigenvalue weighted by molar-refractivity contribution is 14.1. The monoisotopic (exact) mass is 323 g/mol. The van der Waals surface area contributed by atoms with Gasteiger partial charge in [-0.3, -0.25) is 4.79 Å². The van der Waals surface area contributed by atoms with Crippen molar-refractivity contribution in [1.82, 2.24) is 0 Å². The van der Waals surface area contributed by atoms with E-state index in [-0.39, 0.29) is 12.4 Å². The number of benzene rings is 1. The number of halogens is 2. The number of ether oxygens (including phenoxy) is 1. The van der Waals surface area contributed by atoms with Gasteiger partial charge in [0.1, 0.15) is 10.7 Å². The summed E-state index contributed by atoms with van der Waals surface area (Å²) in [7, 11) is 0. The van der Waals surface area contributed by atoms with Crippen LogP contribution in [0.4, 0.5) is 0 Å². The number of alkyl halides is 1. The standard InChI is InChI=1S/C9H7ClINO2/c10-9(12)4-7(13)14-8-5(9)2-1-3-6(8)11/h1-3H,4,12H2. The number of carbonyl (C=O) groups is 1. The third kappa shape index (κ3) is 1.62. The Balaban J connectivity index is 2.63. The highest BCUT2D eigenvalue weighted by atomic mass is 127. The largest absolute Gasteiger partial charge is 0.425 e. The fraction of sp³-hybridized carbons (Fsp3) is 0.222. The predicted molar refractivity (Wildman–Crippen MR) is 61.1 cm³/mol. The molecule has 0 amide bonds. The van der Waals surface area contributed by atoms with Crippen LogP contribution in [-0.2, 0) is 9.79 Å². The lowest BCUT2D eigenvalue weighted by Crippen LogP contribution is -2.38. The van der Waals surface area contributed by atoms with E-state index in [0.717, 1.165) is 3.57 Å². The molecule has 74 valence electrons. The number of rotatable bonds is 0. The quantitative estimate of drug-likeness (QED) is 0.261. The van der Waals surface area contributed by atoms with Gasteiger partial charge in [-0.1, -0.05) is 23.7 Å². The Hall–Kier alpha value is -0.330. The van der Waals surface area contributed by atoms with Gasteiger partial charge in [-0.2, -0.15) is 0 Å². The van der Waals surface area contributed by atoms with Crippen molar-refractivity contribution in [2.24, 2.45) is 5.73 Å². The molecule has 5 heteroatoms. The van der Waals surface area contributed by atoms with Crippen LogP contribution in [0.1, 0.15) is 12.0 Å². The highest BCUT2D eigenvalue weighted by Crippen LogP contribution is 2.40. The van der Waals surface area contributed by atoms with E-state index in [2.05, 4.69) is 22.6 Å². The summed E-state index contributed by atoms with van der Waals surface area (Å²) in [6.07, 6.45) is 0.00164. The van der Waals surface area contributed by atoms with Crippen LogP contribution in [0.25, 0.3) is 0 Å². The van der Waals surface area contributed by atoms with Gasteiger partial charge in [-0.25, -0.2) is 0 Å². The van der Waals surface area contributed by atoms with Crippen molar-refractivity contribution >= 4 is 40.2 Å². The molecular formula is C9H7ClINO2. The third-order valence-electron chi connectivity index (χ3n) is 2.03. The maximum Gasteiger partial charge on any atom is 0.314 e. The number of hydrogen-bond donors (Lipinski definition) is 1. The Kier molecular flexibility index (Phi) is 2.45. The molecule has 1 heterocycles. The summed E-state index contributed by atoms with van der Waals surface area (Å²) in [4.78, 5) is 10.1. The predicted octanol–water partition coefficient (Wildman–Crippen LogP) is 1.95. The SMILES string of the molecule is NC1(Cl)CC(=O)Oc2c(I)cccc21. The lowest BCUT2D eigenvalue weighted by molar-refractivity contribution is -0.136. The molecule has 1 unspecified atom stereocenters. The molecule has 0 saturated heterocycles. The van der Waals surface area contributed by atoms with E-state index >= 15 is 0 Å². The van der Waals surface area contributed by atoms with Crippen LogP contribution in [0.3, 0.4) is 0 Å². The van der Waals surface area contributed by atoms with Crippen molar-refractivity contribution in [2.75, 3.05) is 0 Å². The van der Waals surface area contributed by atoms with Crippen molar-refractivity contribution in [3.05, 3.63) is 27.3 Å². The fourth-order valence-electron chi connectivity index (χ4n) is 1.40. The Bertz CT molecular complexity index is 406.